The van der Waals surface area contributed by atoms with Crippen molar-refractivity contribution >= 4 is 15.7 Å². The lowest BCUT2D eigenvalue weighted by atomic mass is 10.1. The molecule has 1 saturated carbocycles. The van der Waals surface area contributed by atoms with E-state index in [9.17, 15) is 8.42 Å². The molecule has 1 fully saturated rings. The Labute approximate surface area is 115 Å². The van der Waals surface area contributed by atoms with Gasteiger partial charge < -0.3 is 5.73 Å². The van der Waals surface area contributed by atoms with Gasteiger partial charge in [-0.05, 0) is 42.9 Å². The van der Waals surface area contributed by atoms with Gasteiger partial charge in [0.15, 0.2) is 0 Å². The van der Waals surface area contributed by atoms with Crippen molar-refractivity contribution in [1.29, 1.82) is 0 Å². The van der Waals surface area contributed by atoms with E-state index in [1.54, 1.807) is 18.2 Å². The summed E-state index contributed by atoms with van der Waals surface area (Å²) in [4.78, 5) is 0.327. The fraction of sp³-hybridized carbons (Fsp3) is 0.571. The molecule has 0 amide bonds. The number of benzene rings is 1. The van der Waals surface area contributed by atoms with Crippen LogP contribution in [0, 0.1) is 5.92 Å². The van der Waals surface area contributed by atoms with Crippen molar-refractivity contribution in [3.63, 3.8) is 0 Å². The Morgan fingerprint density at radius 1 is 1.32 bits per heavy atom. The summed E-state index contributed by atoms with van der Waals surface area (Å²) >= 11 is 0. The van der Waals surface area contributed by atoms with Crippen molar-refractivity contribution in [3.8, 4) is 0 Å². The van der Waals surface area contributed by atoms with Crippen molar-refractivity contribution in [1.82, 2.24) is 4.72 Å². The van der Waals surface area contributed by atoms with Gasteiger partial charge in [0.05, 0.1) is 4.90 Å². The SMILES string of the molecule is CCc1ccc(N)cc1S(=O)(=O)NCC1CCCC1. The minimum atomic E-state index is -3.44. The molecule has 0 atom stereocenters. The van der Waals surface area contributed by atoms with Crippen molar-refractivity contribution in [2.45, 2.75) is 43.9 Å². The summed E-state index contributed by atoms with van der Waals surface area (Å²) in [5, 5.41) is 0. The summed E-state index contributed by atoms with van der Waals surface area (Å²) in [5.41, 5.74) is 7.00. The Kier molecular flexibility index (Phi) is 4.47. The molecule has 0 aliphatic heterocycles. The monoisotopic (exact) mass is 282 g/mol. The molecule has 2 rings (SSSR count). The molecular formula is C14H22N2O2S. The minimum absolute atomic E-state index is 0.327. The lowest BCUT2D eigenvalue weighted by Crippen LogP contribution is -2.29. The minimum Gasteiger partial charge on any atom is -0.399 e. The number of nitrogen functional groups attached to an aromatic ring is 1. The van der Waals surface area contributed by atoms with E-state index < -0.39 is 10.0 Å². The zero-order valence-corrected chi connectivity index (χ0v) is 12.2. The largest absolute Gasteiger partial charge is 0.399 e. The quantitative estimate of drug-likeness (QED) is 0.814. The maximum absolute atomic E-state index is 12.4. The molecule has 1 aromatic carbocycles. The van der Waals surface area contributed by atoms with E-state index in [1.165, 1.54) is 12.8 Å². The molecule has 1 aliphatic carbocycles. The van der Waals surface area contributed by atoms with E-state index in [2.05, 4.69) is 4.72 Å². The van der Waals surface area contributed by atoms with E-state index in [0.29, 0.717) is 29.5 Å². The number of anilines is 1. The second-order valence-corrected chi connectivity index (χ2v) is 6.96. The van der Waals surface area contributed by atoms with E-state index in [4.69, 9.17) is 5.73 Å². The average molecular weight is 282 g/mol. The highest BCUT2D eigenvalue weighted by Gasteiger charge is 2.21. The number of nitrogens with one attached hydrogen (secondary N) is 1. The van der Waals surface area contributed by atoms with E-state index in [1.807, 2.05) is 6.92 Å². The number of sulfonamides is 1. The molecule has 1 aromatic rings. The van der Waals surface area contributed by atoms with Crippen LogP contribution in [0.25, 0.3) is 0 Å². The smallest absolute Gasteiger partial charge is 0.240 e. The summed E-state index contributed by atoms with van der Waals surface area (Å²) in [7, 11) is -3.44. The van der Waals surface area contributed by atoms with Crippen LogP contribution in [0.4, 0.5) is 5.69 Å². The first kappa shape index (κ1) is 14.3. The normalized spacial score (nSPS) is 16.9. The lowest BCUT2D eigenvalue weighted by Gasteiger charge is -2.14. The van der Waals surface area contributed by atoms with Crippen molar-refractivity contribution in [2.75, 3.05) is 12.3 Å². The Morgan fingerprint density at radius 3 is 2.63 bits per heavy atom. The van der Waals surface area contributed by atoms with E-state index in [-0.39, 0.29) is 0 Å². The van der Waals surface area contributed by atoms with Gasteiger partial charge >= 0.3 is 0 Å². The Hall–Kier alpha value is -1.07. The van der Waals surface area contributed by atoms with Crippen LogP contribution in [0.5, 0.6) is 0 Å². The van der Waals surface area contributed by atoms with Gasteiger partial charge in [-0.1, -0.05) is 25.8 Å². The van der Waals surface area contributed by atoms with E-state index >= 15 is 0 Å². The van der Waals surface area contributed by atoms with Crippen molar-refractivity contribution in [3.05, 3.63) is 23.8 Å². The van der Waals surface area contributed by atoms with Crippen LogP contribution in [0.2, 0.25) is 0 Å². The molecule has 0 heterocycles. The summed E-state index contributed by atoms with van der Waals surface area (Å²) in [6, 6.07) is 5.09. The molecule has 0 bridgehead atoms. The zero-order valence-electron chi connectivity index (χ0n) is 11.4. The topological polar surface area (TPSA) is 72.2 Å². The molecule has 19 heavy (non-hydrogen) atoms. The zero-order chi connectivity index (χ0) is 13.9. The van der Waals surface area contributed by atoms with Gasteiger partial charge in [-0.2, -0.15) is 0 Å². The number of aryl methyl sites for hydroxylation is 1. The molecule has 106 valence electrons. The number of nitrogens with two attached hydrogens (primary N) is 1. The van der Waals surface area contributed by atoms with Crippen LogP contribution < -0.4 is 10.5 Å². The molecular weight excluding hydrogens is 260 g/mol. The molecule has 3 N–H and O–H groups in total. The van der Waals surface area contributed by atoms with Gasteiger partial charge in [0.1, 0.15) is 0 Å². The van der Waals surface area contributed by atoms with Crippen LogP contribution in [-0.4, -0.2) is 15.0 Å². The molecule has 0 aromatic heterocycles. The second-order valence-electron chi connectivity index (χ2n) is 5.22. The predicted molar refractivity (Wildman–Crippen MR) is 77.4 cm³/mol. The van der Waals surface area contributed by atoms with Gasteiger partial charge in [-0.25, -0.2) is 13.1 Å². The summed E-state index contributed by atoms with van der Waals surface area (Å²) in [6.07, 6.45) is 5.36. The van der Waals surface area contributed by atoms with Gasteiger partial charge in [0.2, 0.25) is 10.0 Å². The van der Waals surface area contributed by atoms with Crippen LogP contribution in [0.3, 0.4) is 0 Å². The fourth-order valence-corrected chi connectivity index (χ4v) is 4.09. The van der Waals surface area contributed by atoms with Crippen LogP contribution in [0.1, 0.15) is 38.2 Å². The standard InChI is InChI=1S/C14H22N2O2S/c1-2-12-7-8-13(15)9-14(12)19(17,18)16-10-11-5-3-4-6-11/h7-9,11,16H,2-6,10,15H2,1H3. The Morgan fingerprint density at radius 2 is 2.00 bits per heavy atom. The van der Waals surface area contributed by atoms with Gasteiger partial charge in [-0.3, -0.25) is 0 Å². The number of hydrogen-bond acceptors (Lipinski definition) is 3. The third kappa shape index (κ3) is 3.48. The Bertz CT molecular complexity index is 534. The van der Waals surface area contributed by atoms with Gasteiger partial charge in [0.25, 0.3) is 0 Å². The highest BCUT2D eigenvalue weighted by molar-refractivity contribution is 7.89. The van der Waals surface area contributed by atoms with E-state index in [0.717, 1.165) is 18.4 Å². The van der Waals surface area contributed by atoms with Crippen molar-refractivity contribution < 1.29 is 8.42 Å². The van der Waals surface area contributed by atoms with Crippen LogP contribution in [0.15, 0.2) is 23.1 Å². The highest BCUT2D eigenvalue weighted by Crippen LogP contribution is 2.25. The predicted octanol–water partition coefficient (Wildman–Crippen LogP) is 2.30. The summed E-state index contributed by atoms with van der Waals surface area (Å²) < 4.78 is 27.4. The van der Waals surface area contributed by atoms with Gasteiger partial charge in [-0.15, -0.1) is 0 Å². The average Bonchev–Trinajstić information content (AvgIpc) is 2.89. The first-order valence-electron chi connectivity index (χ1n) is 6.91. The second kappa shape index (κ2) is 5.92. The molecule has 4 nitrogen and oxygen atoms in total. The third-order valence-electron chi connectivity index (χ3n) is 3.80. The van der Waals surface area contributed by atoms with Crippen molar-refractivity contribution in [2.24, 2.45) is 5.92 Å². The summed E-state index contributed by atoms with van der Waals surface area (Å²) in [6.45, 7) is 2.49. The molecule has 0 spiro atoms. The van der Waals surface area contributed by atoms with Crippen LogP contribution in [-0.2, 0) is 16.4 Å². The first-order chi connectivity index (χ1) is 9.03. The Balaban J connectivity index is 2.16. The molecule has 0 unspecified atom stereocenters. The number of hydrogen-bond donors (Lipinski definition) is 2. The first-order valence-corrected chi connectivity index (χ1v) is 8.39. The molecule has 5 heteroatoms. The summed E-state index contributed by atoms with van der Waals surface area (Å²) in [5.74, 6) is 0.487. The maximum Gasteiger partial charge on any atom is 0.240 e. The molecule has 0 radical (unpaired) electrons. The lowest BCUT2D eigenvalue weighted by molar-refractivity contribution is 0.519. The third-order valence-corrected chi connectivity index (χ3v) is 5.30. The number of rotatable bonds is 5. The maximum atomic E-state index is 12.4. The van der Waals surface area contributed by atoms with Gasteiger partial charge in [0, 0.05) is 12.2 Å². The fourth-order valence-electron chi connectivity index (χ4n) is 2.63. The van der Waals surface area contributed by atoms with Crippen LogP contribution >= 0.6 is 0 Å². The molecule has 0 saturated heterocycles. The molecule has 1 aliphatic rings. The highest BCUT2D eigenvalue weighted by atomic mass is 32.2.